The molecular weight excluding hydrogens is 271 g/mol. The molecule has 116 valence electrons. The third-order valence-electron chi connectivity index (χ3n) is 3.07. The van der Waals surface area contributed by atoms with Crippen LogP contribution < -0.4 is 10.6 Å². The fourth-order valence-corrected chi connectivity index (χ4v) is 2.00. The molecule has 0 bridgehead atoms. The summed E-state index contributed by atoms with van der Waals surface area (Å²) >= 11 is 0. The average Bonchev–Trinajstić information content (AvgIpc) is 2.42. The Morgan fingerprint density at radius 1 is 1.10 bits per heavy atom. The van der Waals surface area contributed by atoms with Gasteiger partial charge in [-0.15, -0.1) is 0 Å². The molecule has 1 aromatic carbocycles. The zero-order valence-corrected chi connectivity index (χ0v) is 12.7. The number of carbonyl (C=O) groups excluding carboxylic acids is 2. The van der Waals surface area contributed by atoms with Crippen LogP contribution >= 0.6 is 0 Å². The van der Waals surface area contributed by atoms with Crippen molar-refractivity contribution in [3.05, 3.63) is 24.0 Å². The molecule has 5 heteroatoms. The Balaban J connectivity index is 2.46. The van der Waals surface area contributed by atoms with E-state index >= 15 is 0 Å². The fraction of sp³-hybridized carbons (Fsp3) is 0.500. The second-order valence-electron chi connectivity index (χ2n) is 5.09. The topological polar surface area (TPSA) is 58.2 Å². The van der Waals surface area contributed by atoms with Crippen molar-refractivity contribution in [1.29, 1.82) is 0 Å². The quantitative estimate of drug-likeness (QED) is 0.710. The van der Waals surface area contributed by atoms with Gasteiger partial charge < -0.3 is 10.6 Å². The van der Waals surface area contributed by atoms with E-state index in [0.29, 0.717) is 12.1 Å². The highest BCUT2D eigenvalue weighted by Gasteiger charge is 2.07. The summed E-state index contributed by atoms with van der Waals surface area (Å²) in [5, 5.41) is 5.10. The van der Waals surface area contributed by atoms with Crippen molar-refractivity contribution in [2.24, 2.45) is 0 Å². The van der Waals surface area contributed by atoms with Gasteiger partial charge in [-0.1, -0.05) is 32.6 Å². The third kappa shape index (κ3) is 6.88. The summed E-state index contributed by atoms with van der Waals surface area (Å²) in [6, 6.07) is 4.13. The van der Waals surface area contributed by atoms with Gasteiger partial charge >= 0.3 is 0 Å². The van der Waals surface area contributed by atoms with Gasteiger partial charge in [-0.2, -0.15) is 0 Å². The van der Waals surface area contributed by atoms with E-state index in [0.717, 1.165) is 19.3 Å². The van der Waals surface area contributed by atoms with E-state index in [-0.39, 0.29) is 17.5 Å². The van der Waals surface area contributed by atoms with Gasteiger partial charge in [0, 0.05) is 19.0 Å². The highest BCUT2D eigenvalue weighted by atomic mass is 19.1. The lowest BCUT2D eigenvalue weighted by Gasteiger charge is -2.09. The van der Waals surface area contributed by atoms with Crippen LogP contribution in [0.1, 0.15) is 52.4 Å². The van der Waals surface area contributed by atoms with Crippen molar-refractivity contribution in [2.45, 2.75) is 52.4 Å². The van der Waals surface area contributed by atoms with E-state index in [1.165, 1.54) is 38.0 Å². The lowest BCUT2D eigenvalue weighted by atomic mass is 10.1. The molecule has 1 aromatic rings. The Morgan fingerprint density at radius 2 is 1.81 bits per heavy atom. The Kier molecular flexibility index (Phi) is 7.43. The number of anilines is 2. The SMILES string of the molecule is CCCCCCCC(=O)Nc1ccc(F)c(NC(C)=O)c1. The van der Waals surface area contributed by atoms with Crippen LogP contribution in [0.4, 0.5) is 15.8 Å². The molecule has 1 rings (SSSR count). The Hall–Kier alpha value is -1.91. The first-order valence-electron chi connectivity index (χ1n) is 7.40. The van der Waals surface area contributed by atoms with Crippen molar-refractivity contribution in [1.82, 2.24) is 0 Å². The molecule has 0 spiro atoms. The minimum absolute atomic E-state index is 0.0724. The highest BCUT2D eigenvalue weighted by molar-refractivity contribution is 5.93. The molecule has 0 heterocycles. The molecular formula is C16H23FN2O2. The van der Waals surface area contributed by atoms with Crippen LogP contribution in [0.5, 0.6) is 0 Å². The third-order valence-corrected chi connectivity index (χ3v) is 3.07. The van der Waals surface area contributed by atoms with E-state index in [2.05, 4.69) is 17.6 Å². The molecule has 0 aliphatic carbocycles. The maximum absolute atomic E-state index is 13.5. The molecule has 0 saturated carbocycles. The molecule has 2 amide bonds. The van der Waals surface area contributed by atoms with Crippen LogP contribution in [0.15, 0.2) is 18.2 Å². The molecule has 0 saturated heterocycles. The maximum Gasteiger partial charge on any atom is 0.224 e. The van der Waals surface area contributed by atoms with Crippen LogP contribution in [0.2, 0.25) is 0 Å². The first kappa shape index (κ1) is 17.1. The Bertz CT molecular complexity index is 489. The molecule has 0 radical (unpaired) electrons. The number of nitrogens with one attached hydrogen (secondary N) is 2. The van der Waals surface area contributed by atoms with Gasteiger partial charge in [0.05, 0.1) is 5.69 Å². The standard InChI is InChI=1S/C16H23FN2O2/c1-3-4-5-6-7-8-16(21)19-13-9-10-14(17)15(11-13)18-12(2)20/h9-11H,3-8H2,1-2H3,(H,18,20)(H,19,21). The lowest BCUT2D eigenvalue weighted by molar-refractivity contribution is -0.116. The van der Waals surface area contributed by atoms with E-state index in [9.17, 15) is 14.0 Å². The summed E-state index contributed by atoms with van der Waals surface area (Å²) in [6.07, 6.45) is 5.87. The largest absolute Gasteiger partial charge is 0.326 e. The number of rotatable bonds is 8. The van der Waals surface area contributed by atoms with E-state index < -0.39 is 5.82 Å². The van der Waals surface area contributed by atoms with Crippen molar-refractivity contribution in [2.75, 3.05) is 10.6 Å². The lowest BCUT2D eigenvalue weighted by Crippen LogP contribution is -2.12. The van der Waals surface area contributed by atoms with Crippen molar-refractivity contribution >= 4 is 23.2 Å². The van der Waals surface area contributed by atoms with Crippen molar-refractivity contribution < 1.29 is 14.0 Å². The summed E-state index contributed by atoms with van der Waals surface area (Å²) in [6.45, 7) is 3.45. The summed E-state index contributed by atoms with van der Waals surface area (Å²) in [4.78, 5) is 22.7. The number of carbonyl (C=O) groups is 2. The predicted molar refractivity (Wildman–Crippen MR) is 82.7 cm³/mol. The minimum Gasteiger partial charge on any atom is -0.326 e. The van der Waals surface area contributed by atoms with Gasteiger partial charge in [-0.05, 0) is 24.6 Å². The first-order chi connectivity index (χ1) is 10.0. The molecule has 4 nitrogen and oxygen atoms in total. The second kappa shape index (κ2) is 9.10. The van der Waals surface area contributed by atoms with Gasteiger partial charge in [0.15, 0.2) is 0 Å². The minimum atomic E-state index is -0.525. The van der Waals surface area contributed by atoms with Crippen LogP contribution in [0.3, 0.4) is 0 Å². The molecule has 21 heavy (non-hydrogen) atoms. The van der Waals surface area contributed by atoms with Crippen LogP contribution in [-0.2, 0) is 9.59 Å². The van der Waals surface area contributed by atoms with E-state index in [4.69, 9.17) is 0 Å². The Morgan fingerprint density at radius 3 is 2.48 bits per heavy atom. The predicted octanol–water partition coefficient (Wildman–Crippen LogP) is 4.08. The monoisotopic (exact) mass is 294 g/mol. The summed E-state index contributed by atoms with van der Waals surface area (Å²) < 4.78 is 13.5. The molecule has 0 aromatic heterocycles. The molecule has 0 fully saturated rings. The van der Waals surface area contributed by atoms with Gasteiger partial charge in [0.2, 0.25) is 11.8 Å². The van der Waals surface area contributed by atoms with Gasteiger partial charge in [0.25, 0.3) is 0 Å². The van der Waals surface area contributed by atoms with Crippen molar-refractivity contribution in [3.8, 4) is 0 Å². The number of hydrogen-bond acceptors (Lipinski definition) is 2. The van der Waals surface area contributed by atoms with Crippen molar-refractivity contribution in [3.63, 3.8) is 0 Å². The summed E-state index contributed by atoms with van der Waals surface area (Å²) in [5.41, 5.74) is 0.557. The van der Waals surface area contributed by atoms with Crippen LogP contribution in [0.25, 0.3) is 0 Å². The number of unbranched alkanes of at least 4 members (excludes halogenated alkanes) is 4. The number of halogens is 1. The van der Waals surface area contributed by atoms with E-state index in [1.807, 2.05) is 0 Å². The normalized spacial score (nSPS) is 10.2. The average molecular weight is 294 g/mol. The summed E-state index contributed by atoms with van der Waals surface area (Å²) in [7, 11) is 0. The number of hydrogen-bond donors (Lipinski definition) is 2. The summed E-state index contributed by atoms with van der Waals surface area (Å²) in [5.74, 6) is -0.969. The fourth-order valence-electron chi connectivity index (χ4n) is 2.00. The van der Waals surface area contributed by atoms with Gasteiger partial charge in [-0.25, -0.2) is 4.39 Å². The highest BCUT2D eigenvalue weighted by Crippen LogP contribution is 2.20. The zero-order valence-electron chi connectivity index (χ0n) is 12.7. The second-order valence-corrected chi connectivity index (χ2v) is 5.09. The molecule has 2 N–H and O–H groups in total. The van der Waals surface area contributed by atoms with Crippen LogP contribution in [-0.4, -0.2) is 11.8 Å². The van der Waals surface area contributed by atoms with Gasteiger partial charge in [0.1, 0.15) is 5.82 Å². The number of amides is 2. The van der Waals surface area contributed by atoms with Gasteiger partial charge in [-0.3, -0.25) is 9.59 Å². The molecule has 0 aliphatic rings. The van der Waals surface area contributed by atoms with Crippen LogP contribution in [0, 0.1) is 5.82 Å². The van der Waals surface area contributed by atoms with E-state index in [1.54, 1.807) is 0 Å². The zero-order chi connectivity index (χ0) is 15.7. The first-order valence-corrected chi connectivity index (χ1v) is 7.40. The smallest absolute Gasteiger partial charge is 0.224 e. The Labute approximate surface area is 125 Å². The number of benzene rings is 1. The molecule has 0 unspecified atom stereocenters. The molecule has 0 atom stereocenters. The molecule has 0 aliphatic heterocycles. The maximum atomic E-state index is 13.5.